The van der Waals surface area contributed by atoms with Crippen LogP contribution in [0.4, 0.5) is 0 Å². The summed E-state index contributed by atoms with van der Waals surface area (Å²) in [7, 11) is -3.18. The standard InChI is InChI=1S/C31H36O5S/c1-4-12-28(13-5-2)31(32)36-25-11-9-7-6-8-10-24-35-29-20-16-26(17-21-29)14-15-27-18-22-30(23-19-27)37(3,33)34/h1-2,14-23,28H,6-13,24-25H2,3H3/b15-14+. The van der Waals surface area contributed by atoms with Gasteiger partial charge in [0.2, 0.25) is 0 Å². The van der Waals surface area contributed by atoms with Crippen LogP contribution in [0.3, 0.4) is 0 Å². The fourth-order valence-electron chi connectivity index (χ4n) is 3.61. The van der Waals surface area contributed by atoms with Crippen LogP contribution in [0.2, 0.25) is 0 Å². The van der Waals surface area contributed by atoms with Gasteiger partial charge in [0.05, 0.1) is 24.0 Å². The Morgan fingerprint density at radius 2 is 1.30 bits per heavy atom. The molecule has 0 aliphatic carbocycles. The molecular weight excluding hydrogens is 484 g/mol. The number of hydrogen-bond donors (Lipinski definition) is 0. The number of rotatable bonds is 16. The van der Waals surface area contributed by atoms with Gasteiger partial charge in [-0.1, -0.05) is 62.1 Å². The van der Waals surface area contributed by atoms with Crippen molar-refractivity contribution in [2.24, 2.45) is 5.92 Å². The highest BCUT2D eigenvalue weighted by atomic mass is 32.2. The second kappa shape index (κ2) is 16.3. The van der Waals surface area contributed by atoms with Gasteiger partial charge >= 0.3 is 5.97 Å². The van der Waals surface area contributed by atoms with Crippen molar-refractivity contribution in [3.05, 3.63) is 59.7 Å². The Hall–Kier alpha value is -3.48. The third-order valence-corrected chi connectivity index (χ3v) is 6.90. The van der Waals surface area contributed by atoms with Crippen molar-refractivity contribution in [1.29, 1.82) is 0 Å². The number of unbranched alkanes of at least 4 members (excludes halogenated alkanes) is 5. The normalized spacial score (nSPS) is 11.2. The fraction of sp³-hybridized carbons (Fsp3) is 0.387. The van der Waals surface area contributed by atoms with Crippen molar-refractivity contribution in [3.63, 3.8) is 0 Å². The van der Waals surface area contributed by atoms with Crippen LogP contribution >= 0.6 is 0 Å². The molecular formula is C31H36O5S. The van der Waals surface area contributed by atoms with Crippen molar-refractivity contribution < 1.29 is 22.7 Å². The van der Waals surface area contributed by atoms with Crippen molar-refractivity contribution >= 4 is 28.0 Å². The van der Waals surface area contributed by atoms with Crippen LogP contribution in [0.5, 0.6) is 5.75 Å². The van der Waals surface area contributed by atoms with Gasteiger partial charge in [-0.05, 0) is 48.2 Å². The number of carbonyl (C=O) groups is 1. The van der Waals surface area contributed by atoms with E-state index in [4.69, 9.17) is 22.3 Å². The Kier molecular flexibility index (Phi) is 13.1. The molecule has 2 aromatic rings. The molecule has 0 atom stereocenters. The molecule has 37 heavy (non-hydrogen) atoms. The lowest BCUT2D eigenvalue weighted by atomic mass is 10.0. The number of ether oxygens (including phenoxy) is 2. The topological polar surface area (TPSA) is 69.7 Å². The summed E-state index contributed by atoms with van der Waals surface area (Å²) in [6.45, 7) is 1.08. The Bertz CT molecular complexity index is 1160. The summed E-state index contributed by atoms with van der Waals surface area (Å²) in [6, 6.07) is 14.7. The quantitative estimate of drug-likeness (QED) is 0.114. The summed E-state index contributed by atoms with van der Waals surface area (Å²) in [5, 5.41) is 0. The van der Waals surface area contributed by atoms with E-state index in [1.165, 1.54) is 6.26 Å². The maximum Gasteiger partial charge on any atom is 0.310 e. The molecule has 0 N–H and O–H groups in total. The number of terminal acetylenes is 2. The fourth-order valence-corrected chi connectivity index (χ4v) is 4.24. The van der Waals surface area contributed by atoms with Crippen molar-refractivity contribution in [3.8, 4) is 30.4 Å². The van der Waals surface area contributed by atoms with Crippen LogP contribution in [0.15, 0.2) is 53.4 Å². The summed E-state index contributed by atoms with van der Waals surface area (Å²) >= 11 is 0. The lowest BCUT2D eigenvalue weighted by molar-refractivity contribution is -0.148. The summed E-state index contributed by atoms with van der Waals surface area (Å²) in [5.41, 5.74) is 1.97. The molecule has 0 spiro atoms. The Balaban J connectivity index is 1.56. The largest absolute Gasteiger partial charge is 0.494 e. The number of sulfone groups is 1. The number of carbonyl (C=O) groups excluding carboxylic acids is 1. The molecule has 2 rings (SSSR count). The average Bonchev–Trinajstić information content (AvgIpc) is 2.88. The summed E-state index contributed by atoms with van der Waals surface area (Å²) in [6.07, 6.45) is 22.4. The lowest BCUT2D eigenvalue weighted by Gasteiger charge is -2.11. The highest BCUT2D eigenvalue weighted by Gasteiger charge is 2.17. The van der Waals surface area contributed by atoms with Gasteiger partial charge in [-0.25, -0.2) is 8.42 Å². The van der Waals surface area contributed by atoms with Gasteiger partial charge in [0.25, 0.3) is 0 Å². The van der Waals surface area contributed by atoms with E-state index in [0.717, 1.165) is 55.4 Å². The lowest BCUT2D eigenvalue weighted by Crippen LogP contribution is -2.17. The van der Waals surface area contributed by atoms with E-state index >= 15 is 0 Å². The zero-order chi connectivity index (χ0) is 26.9. The van der Waals surface area contributed by atoms with E-state index in [2.05, 4.69) is 11.8 Å². The maximum absolute atomic E-state index is 11.9. The molecule has 0 heterocycles. The highest BCUT2D eigenvalue weighted by molar-refractivity contribution is 7.90. The smallest absolute Gasteiger partial charge is 0.310 e. The molecule has 0 radical (unpaired) electrons. The van der Waals surface area contributed by atoms with Crippen LogP contribution in [-0.4, -0.2) is 33.9 Å². The molecule has 0 saturated carbocycles. The predicted molar refractivity (Wildman–Crippen MR) is 149 cm³/mol. The molecule has 5 nitrogen and oxygen atoms in total. The first-order valence-electron chi connectivity index (χ1n) is 12.6. The molecule has 0 aliphatic heterocycles. The summed E-state index contributed by atoms with van der Waals surface area (Å²) in [4.78, 5) is 12.3. The van der Waals surface area contributed by atoms with Gasteiger partial charge < -0.3 is 9.47 Å². The van der Waals surface area contributed by atoms with Gasteiger partial charge in [-0.15, -0.1) is 24.7 Å². The maximum atomic E-state index is 11.9. The van der Waals surface area contributed by atoms with Crippen molar-refractivity contribution in [2.45, 2.75) is 56.3 Å². The molecule has 196 valence electrons. The van der Waals surface area contributed by atoms with Crippen LogP contribution in [0.25, 0.3) is 12.2 Å². The second-order valence-corrected chi connectivity index (χ2v) is 10.9. The number of benzene rings is 2. The zero-order valence-corrected chi connectivity index (χ0v) is 22.3. The van der Waals surface area contributed by atoms with E-state index in [0.29, 0.717) is 31.0 Å². The first-order valence-corrected chi connectivity index (χ1v) is 14.5. The van der Waals surface area contributed by atoms with Gasteiger partial charge in [0.1, 0.15) is 5.75 Å². The van der Waals surface area contributed by atoms with Crippen molar-refractivity contribution in [2.75, 3.05) is 19.5 Å². The number of hydrogen-bond acceptors (Lipinski definition) is 5. The first-order chi connectivity index (χ1) is 17.8. The van der Waals surface area contributed by atoms with E-state index in [1.54, 1.807) is 24.3 Å². The molecule has 6 heteroatoms. The molecule has 0 aromatic heterocycles. The molecule has 0 amide bonds. The number of esters is 1. The van der Waals surface area contributed by atoms with Crippen LogP contribution in [-0.2, 0) is 19.4 Å². The Morgan fingerprint density at radius 3 is 1.81 bits per heavy atom. The van der Waals surface area contributed by atoms with E-state index in [1.807, 2.05) is 36.4 Å². The molecule has 2 aromatic carbocycles. The van der Waals surface area contributed by atoms with Gasteiger partial charge in [0.15, 0.2) is 9.84 Å². The summed E-state index contributed by atoms with van der Waals surface area (Å²) < 4.78 is 34.2. The van der Waals surface area contributed by atoms with Gasteiger partial charge in [-0.3, -0.25) is 4.79 Å². The minimum atomic E-state index is -3.18. The SMILES string of the molecule is C#CCC(CC#C)C(=O)OCCCCCCCCOc1ccc(/C=C/c2ccc(S(C)(=O)=O)cc2)cc1. The van der Waals surface area contributed by atoms with E-state index < -0.39 is 15.8 Å². The molecule has 0 fully saturated rings. The minimum absolute atomic E-state index is 0.293. The van der Waals surface area contributed by atoms with Crippen molar-refractivity contribution in [1.82, 2.24) is 0 Å². The van der Waals surface area contributed by atoms with Gasteiger partial charge in [0, 0.05) is 19.1 Å². The summed E-state index contributed by atoms with van der Waals surface area (Å²) in [5.74, 6) is 5.10. The van der Waals surface area contributed by atoms with Gasteiger partial charge in [-0.2, -0.15) is 0 Å². The first kappa shape index (κ1) is 29.7. The van der Waals surface area contributed by atoms with Crippen LogP contribution in [0, 0.1) is 30.6 Å². The predicted octanol–water partition coefficient (Wildman–Crippen LogP) is 6.19. The Morgan fingerprint density at radius 1 is 0.811 bits per heavy atom. The van der Waals surface area contributed by atoms with Crippen LogP contribution < -0.4 is 4.74 Å². The van der Waals surface area contributed by atoms with E-state index in [9.17, 15) is 13.2 Å². The zero-order valence-electron chi connectivity index (χ0n) is 21.5. The minimum Gasteiger partial charge on any atom is -0.494 e. The molecule has 0 unspecified atom stereocenters. The van der Waals surface area contributed by atoms with E-state index in [-0.39, 0.29) is 5.97 Å². The monoisotopic (exact) mass is 520 g/mol. The average molecular weight is 521 g/mol. The third kappa shape index (κ3) is 11.9. The second-order valence-electron chi connectivity index (χ2n) is 8.89. The third-order valence-electron chi connectivity index (χ3n) is 5.77. The van der Waals surface area contributed by atoms with Crippen LogP contribution in [0.1, 0.15) is 62.5 Å². The Labute approximate surface area is 222 Å². The molecule has 0 saturated heterocycles. The molecule has 0 aliphatic rings. The molecule has 0 bridgehead atoms. The highest BCUT2D eigenvalue weighted by Crippen LogP contribution is 2.17.